The van der Waals surface area contributed by atoms with E-state index in [2.05, 4.69) is 26.5 Å². The van der Waals surface area contributed by atoms with Crippen LogP contribution >= 0.6 is 15.9 Å². The molecule has 7 nitrogen and oxygen atoms in total. The number of hydrogen-bond donors (Lipinski definition) is 1. The lowest BCUT2D eigenvalue weighted by molar-refractivity contribution is -0.137. The summed E-state index contributed by atoms with van der Waals surface area (Å²) in [6.07, 6.45) is -3.37. The fourth-order valence-corrected chi connectivity index (χ4v) is 4.40. The van der Waals surface area contributed by atoms with Crippen LogP contribution in [0.3, 0.4) is 0 Å². The van der Waals surface area contributed by atoms with Crippen molar-refractivity contribution in [2.24, 2.45) is 5.10 Å². The predicted molar refractivity (Wildman–Crippen MR) is 126 cm³/mol. The molecular weight excluding hydrogens is 553 g/mol. The second kappa shape index (κ2) is 10.9. The van der Waals surface area contributed by atoms with E-state index >= 15 is 0 Å². The molecule has 1 amide bonds. The molecule has 184 valence electrons. The quantitative estimate of drug-likeness (QED) is 0.235. The van der Waals surface area contributed by atoms with Crippen LogP contribution in [0.25, 0.3) is 0 Å². The Morgan fingerprint density at radius 3 is 2.37 bits per heavy atom. The largest absolute Gasteiger partial charge is 0.496 e. The monoisotopic (exact) mass is 570 g/mol. The van der Waals surface area contributed by atoms with Gasteiger partial charge >= 0.3 is 16.3 Å². The van der Waals surface area contributed by atoms with E-state index < -0.39 is 32.7 Å². The smallest absolute Gasteiger partial charge is 0.416 e. The van der Waals surface area contributed by atoms with Gasteiger partial charge in [0.15, 0.2) is 5.75 Å². The Morgan fingerprint density at radius 1 is 1.06 bits per heavy atom. The van der Waals surface area contributed by atoms with Crippen LogP contribution in [0.5, 0.6) is 11.5 Å². The number of nitrogens with one attached hydrogen (secondary N) is 1. The summed E-state index contributed by atoms with van der Waals surface area (Å²) in [5.74, 6) is 0.0774. The number of nitrogens with zero attached hydrogens (tertiary/aromatic N) is 1. The van der Waals surface area contributed by atoms with Crippen molar-refractivity contribution in [3.8, 4) is 11.5 Å². The highest BCUT2D eigenvalue weighted by Crippen LogP contribution is 2.30. The number of alkyl halides is 3. The van der Waals surface area contributed by atoms with Crippen molar-refractivity contribution in [3.05, 3.63) is 87.9 Å². The Labute approximate surface area is 207 Å². The van der Waals surface area contributed by atoms with Gasteiger partial charge in [-0.25, -0.2) is 5.43 Å². The molecule has 0 atom stereocenters. The Hall–Kier alpha value is -3.38. The summed E-state index contributed by atoms with van der Waals surface area (Å²) >= 11 is 3.34. The zero-order chi connectivity index (χ0) is 25.6. The summed E-state index contributed by atoms with van der Waals surface area (Å²) in [5, 5.41) is 3.84. The van der Waals surface area contributed by atoms with Crippen molar-refractivity contribution in [1.29, 1.82) is 0 Å². The molecule has 35 heavy (non-hydrogen) atoms. The summed E-state index contributed by atoms with van der Waals surface area (Å²) in [6.45, 7) is 0. The van der Waals surface area contributed by atoms with E-state index in [1.165, 1.54) is 31.5 Å². The van der Waals surface area contributed by atoms with E-state index in [4.69, 9.17) is 8.92 Å². The molecule has 0 aliphatic carbocycles. The van der Waals surface area contributed by atoms with Crippen LogP contribution in [0, 0.1) is 0 Å². The number of ether oxygens (including phenoxy) is 1. The number of carbonyl (C=O) groups excluding carboxylic acids is 1. The van der Waals surface area contributed by atoms with Gasteiger partial charge in [-0.15, -0.1) is 0 Å². The average molecular weight is 571 g/mol. The third kappa shape index (κ3) is 7.06. The van der Waals surface area contributed by atoms with Crippen molar-refractivity contribution in [3.63, 3.8) is 0 Å². The first-order chi connectivity index (χ1) is 16.5. The number of hydrogen-bond acceptors (Lipinski definition) is 6. The summed E-state index contributed by atoms with van der Waals surface area (Å²) < 4.78 is 74.2. The molecule has 0 radical (unpaired) electrons. The van der Waals surface area contributed by atoms with E-state index in [-0.39, 0.29) is 17.7 Å². The number of rotatable bonds is 8. The molecule has 1 N–H and O–H groups in total. The second-order valence-electron chi connectivity index (χ2n) is 7.04. The molecule has 3 rings (SSSR count). The van der Waals surface area contributed by atoms with Crippen molar-refractivity contribution >= 4 is 38.2 Å². The van der Waals surface area contributed by atoms with Gasteiger partial charge in [0, 0.05) is 5.56 Å². The Kier molecular flexibility index (Phi) is 8.18. The van der Waals surface area contributed by atoms with Gasteiger partial charge in [0.05, 0.1) is 29.8 Å². The molecule has 0 saturated carbocycles. The van der Waals surface area contributed by atoms with Gasteiger partial charge in [-0.1, -0.05) is 18.2 Å². The SMILES string of the molecule is COc1ccc(CC(=O)N/N=C/c2ccccc2OS(=O)(=O)c2ccc(C(F)(F)F)cc2)cc1Br. The summed E-state index contributed by atoms with van der Waals surface area (Å²) in [5.41, 5.74) is 2.28. The minimum absolute atomic E-state index is 0.0282. The molecule has 0 aliphatic heterocycles. The molecule has 3 aromatic rings. The maximum absolute atomic E-state index is 12.7. The second-order valence-corrected chi connectivity index (χ2v) is 9.44. The van der Waals surface area contributed by atoms with E-state index in [0.29, 0.717) is 27.9 Å². The van der Waals surface area contributed by atoms with Crippen LogP contribution in [0.15, 0.2) is 81.2 Å². The fraction of sp³-hybridized carbons (Fsp3) is 0.130. The van der Waals surface area contributed by atoms with E-state index in [1.807, 2.05) is 0 Å². The maximum Gasteiger partial charge on any atom is 0.416 e. The number of benzene rings is 3. The number of amides is 1. The van der Waals surface area contributed by atoms with Crippen LogP contribution in [0.1, 0.15) is 16.7 Å². The highest BCUT2D eigenvalue weighted by Gasteiger charge is 2.31. The van der Waals surface area contributed by atoms with Crippen molar-refractivity contribution < 1.29 is 35.3 Å². The van der Waals surface area contributed by atoms with Crippen LogP contribution in [0.4, 0.5) is 13.2 Å². The summed E-state index contributed by atoms with van der Waals surface area (Å²) in [6, 6.07) is 14.0. The van der Waals surface area contributed by atoms with Crippen molar-refractivity contribution in [2.45, 2.75) is 17.5 Å². The molecule has 0 aliphatic rings. The Balaban J connectivity index is 1.68. The Bertz CT molecular complexity index is 1340. The van der Waals surface area contributed by atoms with Gasteiger partial charge in [0.25, 0.3) is 0 Å². The first kappa shape index (κ1) is 26.2. The van der Waals surface area contributed by atoms with Gasteiger partial charge in [-0.05, 0) is 70.0 Å². The van der Waals surface area contributed by atoms with Crippen LogP contribution < -0.4 is 14.3 Å². The minimum atomic E-state index is -4.60. The first-order valence-corrected chi connectivity index (χ1v) is 12.0. The van der Waals surface area contributed by atoms with E-state index in [0.717, 1.165) is 12.1 Å². The minimum Gasteiger partial charge on any atom is -0.496 e. The highest BCUT2D eigenvalue weighted by molar-refractivity contribution is 9.10. The molecular formula is C23H18BrF3N2O5S. The number of hydrazone groups is 1. The molecule has 12 heteroatoms. The zero-order valence-electron chi connectivity index (χ0n) is 18.0. The zero-order valence-corrected chi connectivity index (χ0v) is 20.4. The molecule has 0 aromatic heterocycles. The van der Waals surface area contributed by atoms with Gasteiger partial charge in [-0.2, -0.15) is 26.7 Å². The van der Waals surface area contributed by atoms with Gasteiger partial charge in [0.1, 0.15) is 10.6 Å². The summed E-state index contributed by atoms with van der Waals surface area (Å²) in [7, 11) is -2.90. The molecule has 0 spiro atoms. The standard InChI is InChI=1S/C23H18BrF3N2O5S/c1-33-21-11-6-15(12-19(21)24)13-22(30)29-28-14-16-4-2-3-5-20(16)34-35(31,32)18-9-7-17(8-10-18)23(25,26)27/h2-12,14H,13H2,1H3,(H,29,30)/b28-14+. The van der Waals surface area contributed by atoms with E-state index in [1.54, 1.807) is 24.3 Å². The third-order valence-electron chi connectivity index (χ3n) is 4.56. The van der Waals surface area contributed by atoms with Crippen LogP contribution in [-0.4, -0.2) is 27.6 Å². The van der Waals surface area contributed by atoms with Gasteiger partial charge in [-0.3, -0.25) is 4.79 Å². The lowest BCUT2D eigenvalue weighted by Crippen LogP contribution is -2.20. The van der Waals surface area contributed by atoms with Crippen LogP contribution in [-0.2, 0) is 27.5 Å². The fourth-order valence-electron chi connectivity index (χ4n) is 2.86. The lowest BCUT2D eigenvalue weighted by atomic mass is 10.1. The molecule has 0 bridgehead atoms. The highest BCUT2D eigenvalue weighted by atomic mass is 79.9. The predicted octanol–water partition coefficient (Wildman–Crippen LogP) is 4.94. The first-order valence-electron chi connectivity index (χ1n) is 9.85. The van der Waals surface area contributed by atoms with Crippen molar-refractivity contribution in [2.75, 3.05) is 7.11 Å². The average Bonchev–Trinajstić information content (AvgIpc) is 2.80. The normalized spacial score (nSPS) is 11.9. The maximum atomic E-state index is 12.7. The molecule has 0 saturated heterocycles. The molecule has 0 fully saturated rings. The molecule has 3 aromatic carbocycles. The topological polar surface area (TPSA) is 94.1 Å². The van der Waals surface area contributed by atoms with Crippen LogP contribution in [0.2, 0.25) is 0 Å². The number of para-hydroxylation sites is 1. The molecule has 0 unspecified atom stereocenters. The van der Waals surface area contributed by atoms with Crippen molar-refractivity contribution in [1.82, 2.24) is 5.43 Å². The third-order valence-corrected chi connectivity index (χ3v) is 6.43. The summed E-state index contributed by atoms with van der Waals surface area (Å²) in [4.78, 5) is 11.7. The van der Waals surface area contributed by atoms with E-state index in [9.17, 15) is 26.4 Å². The number of carbonyl (C=O) groups is 1. The number of methoxy groups -OCH3 is 1. The van der Waals surface area contributed by atoms with Gasteiger partial charge < -0.3 is 8.92 Å². The molecule has 0 heterocycles. The number of halogens is 4. The van der Waals surface area contributed by atoms with Gasteiger partial charge in [0.2, 0.25) is 5.91 Å². The Morgan fingerprint density at radius 2 is 1.74 bits per heavy atom. The lowest BCUT2D eigenvalue weighted by Gasteiger charge is -2.11.